The van der Waals surface area contributed by atoms with Crippen LogP contribution in [0.1, 0.15) is 19.3 Å². The van der Waals surface area contributed by atoms with Crippen LogP contribution < -0.4 is 5.73 Å². The number of hydrogen-bond acceptors (Lipinski definition) is 4. The molecule has 0 unspecified atom stereocenters. The summed E-state index contributed by atoms with van der Waals surface area (Å²) in [7, 11) is 0. The lowest BCUT2D eigenvalue weighted by atomic mass is 9.89. The minimum Gasteiger partial charge on any atom is -0.481 e. The van der Waals surface area contributed by atoms with Crippen LogP contribution in [-0.4, -0.2) is 40.0 Å². The standard InChI is InChI=1S/C7H15NO4/c8-7(1-3-9,2-4-10)5-6(11)12/h9-10H,1-5,8H2,(H,11,12). The fraction of sp³-hybridized carbons (Fsp3) is 0.857. The average molecular weight is 177 g/mol. The maximum Gasteiger partial charge on any atom is 0.305 e. The summed E-state index contributed by atoms with van der Waals surface area (Å²) in [4.78, 5) is 10.3. The number of hydrogen-bond donors (Lipinski definition) is 4. The monoisotopic (exact) mass is 177 g/mol. The summed E-state index contributed by atoms with van der Waals surface area (Å²) in [5.41, 5.74) is 4.64. The second-order valence-corrected chi connectivity index (χ2v) is 2.88. The topological polar surface area (TPSA) is 104 Å². The third kappa shape index (κ3) is 4.27. The molecule has 0 amide bonds. The van der Waals surface area contributed by atoms with Gasteiger partial charge in [0.1, 0.15) is 0 Å². The summed E-state index contributed by atoms with van der Waals surface area (Å²) in [6.07, 6.45) is 0.161. The van der Waals surface area contributed by atoms with Gasteiger partial charge in [0.15, 0.2) is 0 Å². The molecule has 0 bridgehead atoms. The lowest BCUT2D eigenvalue weighted by Crippen LogP contribution is -2.43. The number of nitrogens with two attached hydrogens (primary N) is 1. The Morgan fingerprint density at radius 1 is 1.25 bits per heavy atom. The molecule has 0 aromatic carbocycles. The summed E-state index contributed by atoms with van der Waals surface area (Å²) >= 11 is 0. The normalized spacial score (nSPS) is 11.6. The van der Waals surface area contributed by atoms with Gasteiger partial charge in [-0.3, -0.25) is 4.79 Å². The number of aliphatic hydroxyl groups is 2. The minimum absolute atomic E-state index is 0.163. The first-order valence-corrected chi connectivity index (χ1v) is 3.76. The fourth-order valence-corrected chi connectivity index (χ4v) is 1.05. The van der Waals surface area contributed by atoms with Crippen LogP contribution >= 0.6 is 0 Å². The van der Waals surface area contributed by atoms with Crippen molar-refractivity contribution in [2.24, 2.45) is 5.73 Å². The molecular weight excluding hydrogens is 162 g/mol. The molecule has 0 atom stereocenters. The number of carbonyl (C=O) groups is 1. The van der Waals surface area contributed by atoms with Crippen LogP contribution in [0.15, 0.2) is 0 Å². The van der Waals surface area contributed by atoms with Crippen LogP contribution in [0, 0.1) is 0 Å². The van der Waals surface area contributed by atoms with E-state index in [0.717, 1.165) is 0 Å². The van der Waals surface area contributed by atoms with Crippen molar-refractivity contribution in [3.8, 4) is 0 Å². The largest absolute Gasteiger partial charge is 0.481 e. The van der Waals surface area contributed by atoms with Crippen molar-refractivity contribution in [2.45, 2.75) is 24.8 Å². The molecule has 5 nitrogen and oxygen atoms in total. The van der Waals surface area contributed by atoms with E-state index in [-0.39, 0.29) is 32.5 Å². The molecule has 0 aliphatic carbocycles. The van der Waals surface area contributed by atoms with E-state index in [0.29, 0.717) is 0 Å². The Balaban J connectivity index is 4.07. The molecule has 0 radical (unpaired) electrons. The van der Waals surface area contributed by atoms with Gasteiger partial charge in [-0.2, -0.15) is 0 Å². The zero-order chi connectivity index (χ0) is 9.61. The predicted molar refractivity (Wildman–Crippen MR) is 42.6 cm³/mol. The molecule has 72 valence electrons. The van der Waals surface area contributed by atoms with Gasteiger partial charge in [-0.1, -0.05) is 0 Å². The quantitative estimate of drug-likeness (QED) is 0.413. The van der Waals surface area contributed by atoms with Gasteiger partial charge in [0.25, 0.3) is 0 Å². The third-order valence-electron chi connectivity index (χ3n) is 1.72. The zero-order valence-corrected chi connectivity index (χ0v) is 6.86. The van der Waals surface area contributed by atoms with Crippen LogP contribution in [0.25, 0.3) is 0 Å². The number of carboxylic acid groups (broad SMARTS) is 1. The molecule has 5 heteroatoms. The summed E-state index contributed by atoms with van der Waals surface area (Å²) in [5.74, 6) is -1.01. The molecule has 0 rings (SSSR count). The highest BCUT2D eigenvalue weighted by Gasteiger charge is 2.26. The van der Waals surface area contributed by atoms with Crippen molar-refractivity contribution in [1.82, 2.24) is 0 Å². The van der Waals surface area contributed by atoms with Gasteiger partial charge in [-0.05, 0) is 12.8 Å². The van der Waals surface area contributed by atoms with E-state index >= 15 is 0 Å². The Kier molecular flexibility index (Phi) is 4.80. The highest BCUT2D eigenvalue weighted by molar-refractivity contribution is 5.68. The Morgan fingerprint density at radius 3 is 1.92 bits per heavy atom. The average Bonchev–Trinajstić information content (AvgIpc) is 1.85. The van der Waals surface area contributed by atoms with Crippen LogP contribution in [0.3, 0.4) is 0 Å². The van der Waals surface area contributed by atoms with Gasteiger partial charge in [0.2, 0.25) is 0 Å². The molecule has 0 saturated heterocycles. The molecular formula is C7H15NO4. The minimum atomic E-state index is -1.01. The van der Waals surface area contributed by atoms with Gasteiger partial charge in [-0.25, -0.2) is 0 Å². The molecule has 0 spiro atoms. The van der Waals surface area contributed by atoms with Crippen LogP contribution in [-0.2, 0) is 4.79 Å². The highest BCUT2D eigenvalue weighted by Crippen LogP contribution is 2.15. The lowest BCUT2D eigenvalue weighted by Gasteiger charge is -2.25. The van der Waals surface area contributed by atoms with Crippen LogP contribution in [0.5, 0.6) is 0 Å². The van der Waals surface area contributed by atoms with E-state index < -0.39 is 11.5 Å². The van der Waals surface area contributed by atoms with Crippen molar-refractivity contribution >= 4 is 5.97 Å². The maximum atomic E-state index is 10.3. The van der Waals surface area contributed by atoms with E-state index in [9.17, 15) is 4.79 Å². The second kappa shape index (κ2) is 5.08. The van der Waals surface area contributed by atoms with Crippen molar-refractivity contribution in [3.05, 3.63) is 0 Å². The number of aliphatic hydroxyl groups excluding tert-OH is 2. The second-order valence-electron chi connectivity index (χ2n) is 2.88. The summed E-state index contributed by atoms with van der Waals surface area (Å²) in [6.45, 7) is -0.326. The van der Waals surface area contributed by atoms with Crippen molar-refractivity contribution < 1.29 is 20.1 Å². The Morgan fingerprint density at radius 2 is 1.67 bits per heavy atom. The van der Waals surface area contributed by atoms with Gasteiger partial charge in [0.05, 0.1) is 6.42 Å². The Labute approximate surface area is 70.8 Å². The van der Waals surface area contributed by atoms with Crippen molar-refractivity contribution in [2.75, 3.05) is 13.2 Å². The van der Waals surface area contributed by atoms with Crippen LogP contribution in [0.2, 0.25) is 0 Å². The first-order chi connectivity index (χ1) is 5.54. The van der Waals surface area contributed by atoms with Gasteiger partial charge in [0, 0.05) is 18.8 Å². The summed E-state index contributed by atoms with van der Waals surface area (Å²) in [5, 5.41) is 25.6. The molecule has 0 heterocycles. The number of carboxylic acids is 1. The van der Waals surface area contributed by atoms with Crippen LogP contribution in [0.4, 0.5) is 0 Å². The first kappa shape index (κ1) is 11.4. The number of rotatable bonds is 6. The Bertz CT molecular complexity index is 142. The SMILES string of the molecule is NC(CCO)(CCO)CC(=O)O. The smallest absolute Gasteiger partial charge is 0.305 e. The van der Waals surface area contributed by atoms with E-state index in [1.54, 1.807) is 0 Å². The van der Waals surface area contributed by atoms with Crippen molar-refractivity contribution in [1.29, 1.82) is 0 Å². The predicted octanol–water partition coefficient (Wildman–Crippen LogP) is -1.08. The van der Waals surface area contributed by atoms with E-state index in [1.807, 2.05) is 0 Å². The van der Waals surface area contributed by atoms with E-state index in [4.69, 9.17) is 21.1 Å². The van der Waals surface area contributed by atoms with E-state index in [2.05, 4.69) is 0 Å². The summed E-state index contributed by atoms with van der Waals surface area (Å²) in [6, 6.07) is 0. The van der Waals surface area contributed by atoms with Crippen molar-refractivity contribution in [3.63, 3.8) is 0 Å². The van der Waals surface area contributed by atoms with Gasteiger partial charge < -0.3 is 21.1 Å². The number of aliphatic carboxylic acids is 1. The molecule has 12 heavy (non-hydrogen) atoms. The maximum absolute atomic E-state index is 10.3. The molecule has 0 aromatic rings. The molecule has 0 saturated carbocycles. The highest BCUT2D eigenvalue weighted by atomic mass is 16.4. The van der Waals surface area contributed by atoms with E-state index in [1.165, 1.54) is 0 Å². The third-order valence-corrected chi connectivity index (χ3v) is 1.72. The Hall–Kier alpha value is -0.650. The lowest BCUT2D eigenvalue weighted by molar-refractivity contribution is -0.138. The summed E-state index contributed by atoms with van der Waals surface area (Å²) < 4.78 is 0. The fourth-order valence-electron chi connectivity index (χ4n) is 1.05. The molecule has 0 aliphatic heterocycles. The first-order valence-electron chi connectivity index (χ1n) is 3.76. The van der Waals surface area contributed by atoms with Gasteiger partial charge >= 0.3 is 5.97 Å². The molecule has 5 N–H and O–H groups in total. The van der Waals surface area contributed by atoms with Gasteiger partial charge in [-0.15, -0.1) is 0 Å². The zero-order valence-electron chi connectivity index (χ0n) is 6.86. The molecule has 0 aromatic heterocycles. The molecule has 0 fully saturated rings. The molecule has 0 aliphatic rings.